The first-order valence-corrected chi connectivity index (χ1v) is 6.45. The summed E-state index contributed by atoms with van der Waals surface area (Å²) in [5.41, 5.74) is 5.68. The number of hydrogen-bond donors (Lipinski definition) is 1. The Morgan fingerprint density at radius 3 is 2.00 bits per heavy atom. The Labute approximate surface area is 133 Å². The minimum atomic E-state index is -0.145. The van der Waals surface area contributed by atoms with Gasteiger partial charge in [-0.2, -0.15) is 15.6 Å². The number of aromatic nitrogens is 2. The van der Waals surface area contributed by atoms with Crippen LogP contribution in [0.1, 0.15) is 11.3 Å². The average Bonchev–Trinajstić information content (AvgIpc) is 2.73. The standard InChI is InChI=1S/C11H3Cl4N5/c12-5-1-6(13)9(15)10(8(5)14)20-11(18)4(2-16)7(3-17)19-20/h1H,18H2. The van der Waals surface area contributed by atoms with Crippen molar-refractivity contribution in [2.75, 3.05) is 5.73 Å². The van der Waals surface area contributed by atoms with Crippen LogP contribution in [-0.2, 0) is 0 Å². The molecular weight excluding hydrogens is 344 g/mol. The Morgan fingerprint density at radius 2 is 1.60 bits per heavy atom. The number of rotatable bonds is 1. The molecule has 0 bridgehead atoms. The highest BCUT2D eigenvalue weighted by Gasteiger charge is 2.22. The van der Waals surface area contributed by atoms with Gasteiger partial charge in [0.15, 0.2) is 5.69 Å². The molecular formula is C11H3Cl4N5. The second-order valence-corrected chi connectivity index (χ2v) is 5.13. The van der Waals surface area contributed by atoms with Gasteiger partial charge >= 0.3 is 0 Å². The summed E-state index contributed by atoms with van der Waals surface area (Å²) in [6.07, 6.45) is 0. The Balaban J connectivity index is 2.87. The van der Waals surface area contributed by atoms with E-state index in [1.165, 1.54) is 6.07 Å². The van der Waals surface area contributed by atoms with Crippen molar-refractivity contribution in [2.45, 2.75) is 0 Å². The number of nitrogen functional groups attached to an aromatic ring is 1. The summed E-state index contributed by atoms with van der Waals surface area (Å²) in [5.74, 6) is -0.0776. The van der Waals surface area contributed by atoms with Crippen LogP contribution in [0.15, 0.2) is 6.07 Å². The Morgan fingerprint density at radius 1 is 1.05 bits per heavy atom. The second kappa shape index (κ2) is 5.40. The summed E-state index contributed by atoms with van der Waals surface area (Å²) in [4.78, 5) is 0. The highest BCUT2D eigenvalue weighted by molar-refractivity contribution is 6.49. The first-order chi connectivity index (χ1) is 9.42. The quantitative estimate of drug-likeness (QED) is 0.794. The van der Waals surface area contributed by atoms with E-state index in [1.807, 2.05) is 0 Å². The molecule has 0 aliphatic heterocycles. The summed E-state index contributed by atoms with van der Waals surface area (Å²) in [7, 11) is 0. The predicted octanol–water partition coefficient (Wildman–Crippen LogP) is 3.81. The van der Waals surface area contributed by atoms with Crippen LogP contribution in [0.5, 0.6) is 0 Å². The van der Waals surface area contributed by atoms with Gasteiger partial charge in [0.1, 0.15) is 29.2 Å². The smallest absolute Gasteiger partial charge is 0.182 e. The molecule has 0 aliphatic rings. The van der Waals surface area contributed by atoms with Gasteiger partial charge in [-0.25, -0.2) is 4.68 Å². The van der Waals surface area contributed by atoms with E-state index in [-0.39, 0.29) is 42.9 Å². The van der Waals surface area contributed by atoms with Crippen LogP contribution in [-0.4, -0.2) is 9.78 Å². The van der Waals surface area contributed by atoms with Gasteiger partial charge in [-0.15, -0.1) is 0 Å². The molecule has 0 spiro atoms. The van der Waals surface area contributed by atoms with E-state index in [9.17, 15) is 0 Å². The summed E-state index contributed by atoms with van der Waals surface area (Å²) in [6.45, 7) is 0. The van der Waals surface area contributed by atoms with Crippen molar-refractivity contribution in [3.63, 3.8) is 0 Å². The fourth-order valence-electron chi connectivity index (χ4n) is 1.54. The van der Waals surface area contributed by atoms with Crippen molar-refractivity contribution >= 4 is 52.2 Å². The molecule has 0 fully saturated rings. The third-order valence-electron chi connectivity index (χ3n) is 2.44. The summed E-state index contributed by atoms with van der Waals surface area (Å²) in [5, 5.41) is 22.2. The zero-order valence-corrected chi connectivity index (χ0v) is 12.5. The molecule has 2 aromatic rings. The lowest BCUT2D eigenvalue weighted by Crippen LogP contribution is -2.04. The van der Waals surface area contributed by atoms with Crippen molar-refractivity contribution in [2.24, 2.45) is 0 Å². The number of halogens is 4. The maximum absolute atomic E-state index is 8.99. The number of anilines is 1. The van der Waals surface area contributed by atoms with Crippen LogP contribution < -0.4 is 5.73 Å². The molecule has 0 amide bonds. The van der Waals surface area contributed by atoms with E-state index < -0.39 is 0 Å². The fraction of sp³-hybridized carbons (Fsp3) is 0. The third kappa shape index (κ3) is 2.15. The third-order valence-corrected chi connectivity index (χ3v) is 3.99. The maximum Gasteiger partial charge on any atom is 0.182 e. The Hall–Kier alpha value is -1.63. The van der Waals surface area contributed by atoms with Crippen LogP contribution in [0.3, 0.4) is 0 Å². The van der Waals surface area contributed by atoms with Crippen LogP contribution in [0.4, 0.5) is 5.82 Å². The normalized spacial score (nSPS) is 10.1. The van der Waals surface area contributed by atoms with Gasteiger partial charge in [0.05, 0.1) is 20.1 Å². The number of hydrogen-bond acceptors (Lipinski definition) is 4. The van der Waals surface area contributed by atoms with Crippen LogP contribution in [0.25, 0.3) is 5.69 Å². The number of nitrogens with two attached hydrogens (primary N) is 1. The molecule has 5 nitrogen and oxygen atoms in total. The van der Waals surface area contributed by atoms with Gasteiger partial charge < -0.3 is 5.73 Å². The lowest BCUT2D eigenvalue weighted by Gasteiger charge is -2.11. The molecule has 1 heterocycles. The molecule has 20 heavy (non-hydrogen) atoms. The summed E-state index contributed by atoms with van der Waals surface area (Å²) >= 11 is 24.0. The maximum atomic E-state index is 8.99. The topological polar surface area (TPSA) is 91.4 Å². The minimum Gasteiger partial charge on any atom is -0.382 e. The lowest BCUT2D eigenvalue weighted by molar-refractivity contribution is 0.884. The molecule has 9 heteroatoms. The molecule has 1 aromatic carbocycles. The molecule has 0 radical (unpaired) electrons. The second-order valence-electron chi connectivity index (χ2n) is 3.56. The molecule has 0 saturated carbocycles. The molecule has 2 N–H and O–H groups in total. The van der Waals surface area contributed by atoms with Gasteiger partial charge in [0, 0.05) is 0 Å². The van der Waals surface area contributed by atoms with Gasteiger partial charge in [0.25, 0.3) is 0 Å². The first kappa shape index (κ1) is 14.8. The van der Waals surface area contributed by atoms with Crippen molar-refractivity contribution in [1.29, 1.82) is 10.5 Å². The molecule has 0 saturated heterocycles. The molecule has 0 aliphatic carbocycles. The number of nitriles is 2. The predicted molar refractivity (Wildman–Crippen MR) is 77.4 cm³/mol. The Bertz CT molecular complexity index is 771. The molecule has 2 rings (SSSR count). The van der Waals surface area contributed by atoms with Gasteiger partial charge in [0.2, 0.25) is 0 Å². The van der Waals surface area contributed by atoms with E-state index in [1.54, 1.807) is 12.1 Å². The molecule has 0 atom stereocenters. The van der Waals surface area contributed by atoms with Crippen LogP contribution >= 0.6 is 46.4 Å². The number of nitrogens with zero attached hydrogens (tertiary/aromatic N) is 4. The molecule has 100 valence electrons. The lowest BCUT2D eigenvalue weighted by atomic mass is 10.2. The highest BCUT2D eigenvalue weighted by atomic mass is 35.5. The van der Waals surface area contributed by atoms with Crippen molar-refractivity contribution in [3.8, 4) is 17.8 Å². The molecule has 1 aromatic heterocycles. The van der Waals surface area contributed by atoms with Crippen LogP contribution in [0.2, 0.25) is 20.1 Å². The fourth-order valence-corrected chi connectivity index (χ4v) is 2.50. The van der Waals surface area contributed by atoms with Crippen molar-refractivity contribution in [1.82, 2.24) is 9.78 Å². The van der Waals surface area contributed by atoms with E-state index in [0.717, 1.165) is 4.68 Å². The largest absolute Gasteiger partial charge is 0.382 e. The van der Waals surface area contributed by atoms with Gasteiger partial charge in [-0.05, 0) is 6.07 Å². The average molecular weight is 347 g/mol. The van der Waals surface area contributed by atoms with Gasteiger partial charge in [-0.3, -0.25) is 0 Å². The van der Waals surface area contributed by atoms with Crippen LogP contribution in [0, 0.1) is 22.7 Å². The van der Waals surface area contributed by atoms with E-state index in [4.69, 9.17) is 62.7 Å². The number of benzene rings is 1. The highest BCUT2D eigenvalue weighted by Crippen LogP contribution is 2.40. The van der Waals surface area contributed by atoms with E-state index >= 15 is 0 Å². The minimum absolute atomic E-state index is 0.0595. The summed E-state index contributed by atoms with van der Waals surface area (Å²) < 4.78 is 1.07. The van der Waals surface area contributed by atoms with E-state index in [2.05, 4.69) is 5.10 Å². The monoisotopic (exact) mass is 345 g/mol. The SMILES string of the molecule is N#Cc1nn(-c2c(Cl)c(Cl)cc(Cl)c2Cl)c(N)c1C#N. The zero-order valence-electron chi connectivity index (χ0n) is 9.46. The zero-order chi connectivity index (χ0) is 15.0. The van der Waals surface area contributed by atoms with Crippen molar-refractivity contribution in [3.05, 3.63) is 37.4 Å². The Kier molecular flexibility index (Phi) is 3.99. The molecule has 0 unspecified atom stereocenters. The van der Waals surface area contributed by atoms with Crippen molar-refractivity contribution < 1.29 is 0 Å². The van der Waals surface area contributed by atoms with E-state index in [0.29, 0.717) is 0 Å². The first-order valence-electron chi connectivity index (χ1n) is 4.94. The van der Waals surface area contributed by atoms with Gasteiger partial charge in [-0.1, -0.05) is 46.4 Å². The summed E-state index contributed by atoms with van der Waals surface area (Å²) in [6, 6.07) is 4.92.